The molecule has 0 aliphatic rings. The zero-order valence-electron chi connectivity index (χ0n) is 10.3. The van der Waals surface area contributed by atoms with Crippen LogP contribution >= 0.6 is 0 Å². The van der Waals surface area contributed by atoms with Crippen molar-refractivity contribution in [1.29, 1.82) is 5.26 Å². The van der Waals surface area contributed by atoms with Crippen LogP contribution < -0.4 is 11.3 Å². The maximum absolute atomic E-state index is 11.4. The van der Waals surface area contributed by atoms with E-state index in [0.717, 1.165) is 19.3 Å². The number of hydrogen-bond acceptors (Lipinski definition) is 4. The third kappa shape index (κ3) is 4.27. The smallest absolute Gasteiger partial charge is 0.266 e. The predicted molar refractivity (Wildman–Crippen MR) is 66.2 cm³/mol. The van der Waals surface area contributed by atoms with Crippen LogP contribution in [-0.2, 0) is 6.54 Å². The highest BCUT2D eigenvalue weighted by Crippen LogP contribution is 2.21. The summed E-state index contributed by atoms with van der Waals surface area (Å²) < 4.78 is 1.37. The van der Waals surface area contributed by atoms with Gasteiger partial charge in [0, 0.05) is 12.6 Å². The van der Waals surface area contributed by atoms with Crippen molar-refractivity contribution >= 4 is 5.82 Å². The zero-order valence-corrected chi connectivity index (χ0v) is 10.3. The maximum Gasteiger partial charge on any atom is 0.266 e. The Balaban J connectivity index is 2.45. The summed E-state index contributed by atoms with van der Waals surface area (Å²) in [6.45, 7) is 4.38. The van der Waals surface area contributed by atoms with Crippen molar-refractivity contribution in [3.8, 4) is 6.07 Å². The summed E-state index contributed by atoms with van der Waals surface area (Å²) in [5.41, 5.74) is 5.07. The van der Waals surface area contributed by atoms with E-state index >= 15 is 0 Å². The van der Waals surface area contributed by atoms with Crippen molar-refractivity contribution in [2.24, 2.45) is 5.41 Å². The average Bonchev–Trinajstić information content (AvgIpc) is 2.29. The summed E-state index contributed by atoms with van der Waals surface area (Å²) in [7, 11) is 0. The van der Waals surface area contributed by atoms with Gasteiger partial charge in [0.1, 0.15) is 5.82 Å². The number of aryl methyl sites for hydroxylation is 1. The second-order valence-electron chi connectivity index (χ2n) is 4.77. The van der Waals surface area contributed by atoms with Crippen molar-refractivity contribution in [2.75, 3.05) is 5.73 Å². The lowest BCUT2D eigenvalue weighted by Crippen LogP contribution is -2.23. The second kappa shape index (κ2) is 5.48. The largest absolute Gasteiger partial charge is 0.382 e. The molecule has 0 aromatic carbocycles. The normalized spacial score (nSPS) is 11.1. The molecule has 0 unspecified atom stereocenters. The van der Waals surface area contributed by atoms with Gasteiger partial charge in [0.25, 0.3) is 5.56 Å². The molecule has 0 aliphatic carbocycles. The van der Waals surface area contributed by atoms with Crippen LogP contribution in [0.2, 0.25) is 0 Å². The molecule has 0 bridgehead atoms. The number of nitriles is 1. The molecule has 1 aromatic heterocycles. The first-order chi connectivity index (χ1) is 7.94. The van der Waals surface area contributed by atoms with E-state index in [2.05, 4.69) is 11.2 Å². The molecule has 0 fully saturated rings. The summed E-state index contributed by atoms with van der Waals surface area (Å²) in [5, 5.41) is 12.8. The summed E-state index contributed by atoms with van der Waals surface area (Å²) in [6.07, 6.45) is 2.53. The van der Waals surface area contributed by atoms with Crippen LogP contribution in [0.4, 0.5) is 5.82 Å². The van der Waals surface area contributed by atoms with Crippen LogP contribution in [0.3, 0.4) is 0 Å². The van der Waals surface area contributed by atoms with Crippen molar-refractivity contribution in [3.05, 3.63) is 22.5 Å². The van der Waals surface area contributed by atoms with E-state index in [0.29, 0.717) is 12.4 Å². The quantitative estimate of drug-likeness (QED) is 0.783. The number of rotatable bonds is 5. The van der Waals surface area contributed by atoms with Gasteiger partial charge in [0.05, 0.1) is 11.5 Å². The van der Waals surface area contributed by atoms with E-state index in [1.807, 2.05) is 13.8 Å². The van der Waals surface area contributed by atoms with E-state index in [4.69, 9.17) is 11.0 Å². The summed E-state index contributed by atoms with van der Waals surface area (Å²) in [4.78, 5) is 11.4. The minimum absolute atomic E-state index is 0.140. The first-order valence-electron chi connectivity index (χ1n) is 5.69. The van der Waals surface area contributed by atoms with Gasteiger partial charge in [-0.2, -0.15) is 10.4 Å². The Bertz CT molecular complexity index is 470. The van der Waals surface area contributed by atoms with Crippen LogP contribution in [0.1, 0.15) is 33.1 Å². The molecule has 0 saturated heterocycles. The number of hydrogen-bond donors (Lipinski definition) is 1. The van der Waals surface area contributed by atoms with E-state index in [1.165, 1.54) is 16.8 Å². The lowest BCUT2D eigenvalue weighted by molar-refractivity contribution is 0.409. The van der Waals surface area contributed by atoms with Crippen LogP contribution in [0.15, 0.2) is 16.9 Å². The minimum Gasteiger partial charge on any atom is -0.382 e. The number of unbranched alkanes of at least 4 members (excludes halogenated alkanes) is 1. The molecule has 0 amide bonds. The molecule has 1 rings (SSSR count). The second-order valence-corrected chi connectivity index (χ2v) is 4.77. The van der Waals surface area contributed by atoms with E-state index in [9.17, 15) is 4.79 Å². The fourth-order valence-corrected chi connectivity index (χ4v) is 1.51. The first-order valence-corrected chi connectivity index (χ1v) is 5.69. The molecule has 0 saturated carbocycles. The monoisotopic (exact) mass is 234 g/mol. The standard InChI is InChI=1S/C12H18N4O/c1-12(2,9-13)7-3-4-8-16-11(17)6-5-10(14)15-16/h5-6H,3-4,7-8H2,1-2H3,(H2,14,15). The molecule has 92 valence electrons. The predicted octanol–water partition coefficient (Wildman–Crippen LogP) is 1.55. The highest BCUT2D eigenvalue weighted by Gasteiger charge is 2.15. The van der Waals surface area contributed by atoms with Crippen LogP contribution in [-0.4, -0.2) is 9.78 Å². The number of nitrogen functional groups attached to an aromatic ring is 1. The summed E-state index contributed by atoms with van der Waals surface area (Å²) in [6, 6.07) is 5.17. The minimum atomic E-state index is -0.298. The van der Waals surface area contributed by atoms with Gasteiger partial charge >= 0.3 is 0 Å². The molecular weight excluding hydrogens is 216 g/mol. The van der Waals surface area contributed by atoms with E-state index in [-0.39, 0.29) is 11.0 Å². The third-order valence-corrected chi connectivity index (χ3v) is 2.61. The van der Waals surface area contributed by atoms with Crippen molar-refractivity contribution in [1.82, 2.24) is 9.78 Å². The van der Waals surface area contributed by atoms with Gasteiger partial charge in [0.15, 0.2) is 0 Å². The highest BCUT2D eigenvalue weighted by atomic mass is 16.1. The van der Waals surface area contributed by atoms with Gasteiger partial charge in [-0.05, 0) is 32.8 Å². The van der Waals surface area contributed by atoms with Gasteiger partial charge in [0.2, 0.25) is 0 Å². The van der Waals surface area contributed by atoms with Crippen LogP contribution in [0.5, 0.6) is 0 Å². The lowest BCUT2D eigenvalue weighted by Gasteiger charge is -2.14. The number of nitrogens with two attached hydrogens (primary N) is 1. The molecule has 0 aliphatic heterocycles. The van der Waals surface area contributed by atoms with E-state index in [1.54, 1.807) is 0 Å². The fraction of sp³-hybridized carbons (Fsp3) is 0.583. The lowest BCUT2D eigenvalue weighted by atomic mass is 9.89. The van der Waals surface area contributed by atoms with Crippen molar-refractivity contribution < 1.29 is 0 Å². The SMILES string of the molecule is CC(C)(C#N)CCCCn1nc(N)ccc1=O. The number of nitrogens with zero attached hydrogens (tertiary/aromatic N) is 3. The summed E-state index contributed by atoms with van der Waals surface area (Å²) in [5.74, 6) is 0.349. The molecule has 0 atom stereocenters. The molecule has 5 heteroatoms. The number of anilines is 1. The average molecular weight is 234 g/mol. The van der Waals surface area contributed by atoms with Crippen LogP contribution in [0, 0.1) is 16.7 Å². The van der Waals surface area contributed by atoms with Crippen LogP contribution in [0.25, 0.3) is 0 Å². The number of aromatic nitrogens is 2. The maximum atomic E-state index is 11.4. The highest BCUT2D eigenvalue weighted by molar-refractivity contribution is 5.23. The van der Waals surface area contributed by atoms with Crippen molar-refractivity contribution in [3.63, 3.8) is 0 Å². The van der Waals surface area contributed by atoms with E-state index < -0.39 is 0 Å². The Hall–Kier alpha value is -1.83. The Kier molecular flexibility index (Phi) is 4.27. The summed E-state index contributed by atoms with van der Waals surface area (Å²) >= 11 is 0. The molecule has 1 heterocycles. The zero-order chi connectivity index (χ0) is 12.9. The molecule has 5 nitrogen and oxygen atoms in total. The topological polar surface area (TPSA) is 84.7 Å². The molecule has 1 aromatic rings. The Morgan fingerprint density at radius 3 is 2.82 bits per heavy atom. The van der Waals surface area contributed by atoms with Gasteiger partial charge in [-0.25, -0.2) is 4.68 Å². The molecular formula is C12H18N4O. The van der Waals surface area contributed by atoms with Gasteiger partial charge in [-0.3, -0.25) is 4.79 Å². The van der Waals surface area contributed by atoms with Gasteiger partial charge < -0.3 is 5.73 Å². The Morgan fingerprint density at radius 2 is 2.18 bits per heavy atom. The van der Waals surface area contributed by atoms with Gasteiger partial charge in [-0.1, -0.05) is 6.42 Å². The fourth-order valence-electron chi connectivity index (χ4n) is 1.51. The first kappa shape index (κ1) is 13.2. The van der Waals surface area contributed by atoms with Gasteiger partial charge in [-0.15, -0.1) is 0 Å². The Morgan fingerprint density at radius 1 is 1.47 bits per heavy atom. The third-order valence-electron chi connectivity index (χ3n) is 2.61. The molecule has 0 spiro atoms. The molecule has 0 radical (unpaired) electrons. The Labute approximate surface area is 101 Å². The van der Waals surface area contributed by atoms with Crippen molar-refractivity contribution in [2.45, 2.75) is 39.7 Å². The molecule has 2 N–H and O–H groups in total. The molecule has 17 heavy (non-hydrogen) atoms.